The monoisotopic (exact) mass is 360 g/mol. The Hall–Kier alpha value is -1.85. The summed E-state index contributed by atoms with van der Waals surface area (Å²) in [6, 6.07) is 8.08. The summed E-state index contributed by atoms with van der Waals surface area (Å²) >= 11 is 0. The van der Waals surface area contributed by atoms with Gasteiger partial charge in [0.15, 0.2) is 0 Å². The van der Waals surface area contributed by atoms with E-state index < -0.39 is 0 Å². The maximum atomic E-state index is 12.9. The molecule has 5 nitrogen and oxygen atoms in total. The third-order valence-electron chi connectivity index (χ3n) is 5.50. The molecular formula is C19H25ClN4O. The van der Waals surface area contributed by atoms with Gasteiger partial charge in [0.25, 0.3) is 5.91 Å². The molecule has 134 valence electrons. The highest BCUT2D eigenvalue weighted by Crippen LogP contribution is 2.27. The molecular weight excluding hydrogens is 336 g/mol. The lowest BCUT2D eigenvalue weighted by molar-refractivity contribution is 0.0758. The van der Waals surface area contributed by atoms with Crippen LogP contribution in [0.4, 0.5) is 0 Å². The first-order valence-corrected chi connectivity index (χ1v) is 8.83. The summed E-state index contributed by atoms with van der Waals surface area (Å²) in [6.07, 6.45) is 5.77. The summed E-state index contributed by atoms with van der Waals surface area (Å²) in [6.45, 7) is 5.99. The van der Waals surface area contributed by atoms with E-state index in [0.29, 0.717) is 5.56 Å². The highest BCUT2D eigenvalue weighted by Gasteiger charge is 2.31. The molecule has 25 heavy (non-hydrogen) atoms. The van der Waals surface area contributed by atoms with Crippen LogP contribution in [0.2, 0.25) is 0 Å². The van der Waals surface area contributed by atoms with Gasteiger partial charge in [-0.3, -0.25) is 4.79 Å². The second-order valence-corrected chi connectivity index (χ2v) is 7.01. The Bertz CT molecular complexity index is 731. The summed E-state index contributed by atoms with van der Waals surface area (Å²) in [4.78, 5) is 14.9. The van der Waals surface area contributed by atoms with Crippen LogP contribution >= 0.6 is 12.4 Å². The number of fused-ring (bicyclic) bond motifs is 1. The van der Waals surface area contributed by atoms with Crippen LogP contribution in [0.1, 0.15) is 28.8 Å². The number of aryl methyl sites for hydroxylation is 1. The fourth-order valence-electron chi connectivity index (χ4n) is 3.99. The Balaban J connectivity index is 0.00000182. The number of likely N-dealkylation sites (tertiary alicyclic amines) is 1. The van der Waals surface area contributed by atoms with E-state index in [4.69, 9.17) is 0 Å². The van der Waals surface area contributed by atoms with Gasteiger partial charge < -0.3 is 10.2 Å². The van der Waals surface area contributed by atoms with Gasteiger partial charge in [0, 0.05) is 19.3 Å². The van der Waals surface area contributed by atoms with Crippen LogP contribution in [0.25, 0.3) is 5.69 Å². The molecule has 1 amide bonds. The fourth-order valence-corrected chi connectivity index (χ4v) is 3.99. The SMILES string of the molecule is Cc1ccccc1-n1cc(C(=O)N2CC[C@@H]3CNC[C@@H]3CC2)cn1.Cl. The highest BCUT2D eigenvalue weighted by atomic mass is 35.5. The molecule has 1 aromatic carbocycles. The molecule has 0 aliphatic carbocycles. The van der Waals surface area contributed by atoms with Crippen molar-refractivity contribution in [1.82, 2.24) is 20.0 Å². The number of rotatable bonds is 2. The quantitative estimate of drug-likeness (QED) is 0.895. The van der Waals surface area contributed by atoms with Crippen molar-refractivity contribution in [3.8, 4) is 5.69 Å². The van der Waals surface area contributed by atoms with Gasteiger partial charge in [0.1, 0.15) is 0 Å². The average Bonchev–Trinajstić information content (AvgIpc) is 3.21. The van der Waals surface area contributed by atoms with Crippen molar-refractivity contribution in [3.05, 3.63) is 47.8 Å². The van der Waals surface area contributed by atoms with Gasteiger partial charge in [0.2, 0.25) is 0 Å². The molecule has 0 bridgehead atoms. The topological polar surface area (TPSA) is 50.2 Å². The third-order valence-corrected chi connectivity index (χ3v) is 5.50. The summed E-state index contributed by atoms with van der Waals surface area (Å²) in [5.74, 6) is 1.58. The van der Waals surface area contributed by atoms with E-state index in [1.165, 1.54) is 0 Å². The normalized spacial score (nSPS) is 22.8. The Kier molecular flexibility index (Phi) is 5.45. The molecule has 0 spiro atoms. The maximum Gasteiger partial charge on any atom is 0.257 e. The van der Waals surface area contributed by atoms with Crippen molar-refractivity contribution in [2.45, 2.75) is 19.8 Å². The molecule has 0 saturated carbocycles. The fraction of sp³-hybridized carbons (Fsp3) is 0.474. The van der Waals surface area contributed by atoms with Crippen LogP contribution in [-0.2, 0) is 0 Å². The zero-order valence-corrected chi connectivity index (χ0v) is 15.3. The Morgan fingerprint density at radius 3 is 2.52 bits per heavy atom. The van der Waals surface area contributed by atoms with Gasteiger partial charge in [-0.05, 0) is 56.3 Å². The van der Waals surface area contributed by atoms with Crippen LogP contribution < -0.4 is 5.32 Å². The molecule has 6 heteroatoms. The van der Waals surface area contributed by atoms with E-state index in [1.807, 2.05) is 29.3 Å². The highest BCUT2D eigenvalue weighted by molar-refractivity contribution is 5.93. The first-order valence-electron chi connectivity index (χ1n) is 8.83. The van der Waals surface area contributed by atoms with E-state index in [-0.39, 0.29) is 18.3 Å². The average molecular weight is 361 g/mol. The van der Waals surface area contributed by atoms with Gasteiger partial charge in [-0.1, -0.05) is 18.2 Å². The number of nitrogens with zero attached hydrogens (tertiary/aromatic N) is 3. The number of para-hydroxylation sites is 1. The lowest BCUT2D eigenvalue weighted by Crippen LogP contribution is -2.32. The predicted molar refractivity (Wildman–Crippen MR) is 101 cm³/mol. The van der Waals surface area contributed by atoms with Crippen LogP contribution in [0.15, 0.2) is 36.7 Å². The van der Waals surface area contributed by atoms with Crippen molar-refractivity contribution in [2.24, 2.45) is 11.8 Å². The molecule has 3 heterocycles. The molecule has 4 rings (SSSR count). The summed E-state index contributed by atoms with van der Waals surface area (Å²) in [5.41, 5.74) is 2.85. The Labute approximate surface area is 154 Å². The standard InChI is InChI=1S/C19H24N4O.ClH/c1-14-4-2-3-5-18(14)23-13-17(12-21-23)19(24)22-8-6-15-10-20-11-16(15)7-9-22;/h2-5,12-13,15-16,20H,6-11H2,1H3;1H/t15-,16+;. The van der Waals surface area contributed by atoms with Gasteiger partial charge in [0.05, 0.1) is 17.4 Å². The number of hydrogen-bond donors (Lipinski definition) is 1. The van der Waals surface area contributed by atoms with Crippen molar-refractivity contribution in [3.63, 3.8) is 0 Å². The van der Waals surface area contributed by atoms with Gasteiger partial charge in [-0.25, -0.2) is 4.68 Å². The second kappa shape index (κ2) is 7.58. The largest absolute Gasteiger partial charge is 0.339 e. The number of carbonyl (C=O) groups excluding carboxylic acids is 1. The Morgan fingerprint density at radius 2 is 1.84 bits per heavy atom. The van der Waals surface area contributed by atoms with E-state index in [0.717, 1.165) is 62.1 Å². The van der Waals surface area contributed by atoms with Crippen LogP contribution in [-0.4, -0.2) is 46.8 Å². The van der Waals surface area contributed by atoms with Crippen LogP contribution in [0, 0.1) is 18.8 Å². The minimum Gasteiger partial charge on any atom is -0.339 e. The summed E-state index contributed by atoms with van der Waals surface area (Å²) in [5, 5.41) is 7.88. The minimum atomic E-state index is 0. The van der Waals surface area contributed by atoms with E-state index in [9.17, 15) is 4.79 Å². The second-order valence-electron chi connectivity index (χ2n) is 7.01. The smallest absolute Gasteiger partial charge is 0.257 e. The van der Waals surface area contributed by atoms with Crippen molar-refractivity contribution in [1.29, 1.82) is 0 Å². The maximum absolute atomic E-state index is 12.9. The first kappa shape index (κ1) is 18.0. The number of amides is 1. The lowest BCUT2D eigenvalue weighted by atomic mass is 9.92. The minimum absolute atomic E-state index is 0. The number of halogens is 1. The van der Waals surface area contributed by atoms with Gasteiger partial charge in [-0.15, -0.1) is 12.4 Å². The predicted octanol–water partition coefficient (Wildman–Crippen LogP) is 2.67. The molecule has 0 unspecified atom stereocenters. The van der Waals surface area contributed by atoms with E-state index in [1.54, 1.807) is 10.9 Å². The molecule has 2 saturated heterocycles. The zero-order valence-electron chi connectivity index (χ0n) is 14.5. The lowest BCUT2D eigenvalue weighted by Gasteiger charge is -2.20. The van der Waals surface area contributed by atoms with Crippen LogP contribution in [0.3, 0.4) is 0 Å². The molecule has 2 fully saturated rings. The number of benzene rings is 1. The summed E-state index contributed by atoms with van der Waals surface area (Å²) < 4.78 is 1.80. The van der Waals surface area contributed by atoms with E-state index >= 15 is 0 Å². The number of nitrogens with one attached hydrogen (secondary N) is 1. The molecule has 2 aliphatic rings. The number of carbonyl (C=O) groups is 1. The number of aromatic nitrogens is 2. The van der Waals surface area contributed by atoms with Crippen molar-refractivity contribution >= 4 is 18.3 Å². The van der Waals surface area contributed by atoms with Gasteiger partial charge >= 0.3 is 0 Å². The zero-order chi connectivity index (χ0) is 16.5. The van der Waals surface area contributed by atoms with E-state index in [2.05, 4.69) is 23.4 Å². The van der Waals surface area contributed by atoms with Gasteiger partial charge in [-0.2, -0.15) is 5.10 Å². The van der Waals surface area contributed by atoms with Crippen LogP contribution in [0.5, 0.6) is 0 Å². The molecule has 2 atom stereocenters. The molecule has 1 N–H and O–H groups in total. The molecule has 0 radical (unpaired) electrons. The molecule has 2 aromatic rings. The molecule has 1 aromatic heterocycles. The first-order chi connectivity index (χ1) is 11.7. The summed E-state index contributed by atoms with van der Waals surface area (Å²) in [7, 11) is 0. The third kappa shape index (κ3) is 3.58. The van der Waals surface area contributed by atoms with Crippen molar-refractivity contribution in [2.75, 3.05) is 26.2 Å². The van der Waals surface area contributed by atoms with Crippen molar-refractivity contribution < 1.29 is 4.79 Å². The molecule has 2 aliphatic heterocycles. The number of hydrogen-bond acceptors (Lipinski definition) is 3. The Morgan fingerprint density at radius 1 is 1.16 bits per heavy atom.